The van der Waals surface area contributed by atoms with Crippen molar-refractivity contribution in [2.45, 2.75) is 64.6 Å². The maximum absolute atomic E-state index is 12.6. The summed E-state index contributed by atoms with van der Waals surface area (Å²) < 4.78 is 0. The lowest BCUT2D eigenvalue weighted by molar-refractivity contribution is 0.0938. The van der Waals surface area contributed by atoms with Crippen molar-refractivity contribution in [2.24, 2.45) is 5.92 Å². The zero-order chi connectivity index (χ0) is 23.5. The normalized spacial score (nSPS) is 19.6. The Morgan fingerprint density at radius 3 is 2.67 bits per heavy atom. The summed E-state index contributed by atoms with van der Waals surface area (Å²) in [6, 6.07) is 7.17. The quantitative estimate of drug-likeness (QED) is 0.552. The Morgan fingerprint density at radius 2 is 1.97 bits per heavy atom. The highest BCUT2D eigenvalue weighted by atomic mass is 35.5. The number of nitrogens with one attached hydrogen (secondary N) is 3. The molecule has 9 heteroatoms. The lowest BCUT2D eigenvalue weighted by Gasteiger charge is -2.25. The Bertz CT molecular complexity index is 1020. The van der Waals surface area contributed by atoms with Crippen molar-refractivity contribution in [2.75, 3.05) is 16.8 Å². The summed E-state index contributed by atoms with van der Waals surface area (Å²) in [4.78, 5) is 35.5. The van der Waals surface area contributed by atoms with Crippen LogP contribution in [0.25, 0.3) is 0 Å². The van der Waals surface area contributed by atoms with Gasteiger partial charge < -0.3 is 16.0 Å². The second kappa shape index (κ2) is 9.95. The van der Waals surface area contributed by atoms with E-state index in [0.717, 1.165) is 31.2 Å². The molecule has 2 heterocycles. The van der Waals surface area contributed by atoms with Gasteiger partial charge in [0, 0.05) is 18.8 Å². The zero-order valence-corrected chi connectivity index (χ0v) is 20.0. The van der Waals surface area contributed by atoms with Crippen molar-refractivity contribution in [1.29, 1.82) is 0 Å². The van der Waals surface area contributed by atoms with E-state index < -0.39 is 0 Å². The molecular formula is C24H31ClN6O2. The number of hydrogen-bond acceptors (Lipinski definition) is 5. The molecule has 8 nitrogen and oxygen atoms in total. The van der Waals surface area contributed by atoms with Crippen LogP contribution in [0.5, 0.6) is 0 Å². The molecule has 1 aliphatic heterocycles. The molecule has 2 fully saturated rings. The number of carbonyl (C=O) groups excluding carboxylic acids is 2. The first kappa shape index (κ1) is 23.3. The van der Waals surface area contributed by atoms with Gasteiger partial charge in [0.2, 0.25) is 5.95 Å². The summed E-state index contributed by atoms with van der Waals surface area (Å²) in [5.41, 5.74) is 1.39. The number of rotatable bonds is 7. The Balaban J connectivity index is 1.45. The Kier molecular flexibility index (Phi) is 7.02. The molecule has 1 aromatic heterocycles. The number of aromatic nitrogens is 2. The number of benzene rings is 1. The highest BCUT2D eigenvalue weighted by Gasteiger charge is 2.35. The molecule has 1 aromatic carbocycles. The van der Waals surface area contributed by atoms with Crippen molar-refractivity contribution >= 4 is 35.3 Å². The van der Waals surface area contributed by atoms with Crippen molar-refractivity contribution in [3.05, 3.63) is 46.6 Å². The van der Waals surface area contributed by atoms with Gasteiger partial charge in [-0.1, -0.05) is 44.4 Å². The van der Waals surface area contributed by atoms with Crippen molar-refractivity contribution in [1.82, 2.24) is 20.6 Å². The number of hydrogen-bond donors (Lipinski definition) is 3. The van der Waals surface area contributed by atoms with E-state index in [2.05, 4.69) is 39.8 Å². The van der Waals surface area contributed by atoms with Crippen molar-refractivity contribution < 1.29 is 9.59 Å². The van der Waals surface area contributed by atoms with E-state index in [4.69, 9.17) is 11.6 Å². The largest absolute Gasteiger partial charge is 0.349 e. The highest BCUT2D eigenvalue weighted by molar-refractivity contribution is 6.33. The molecule has 1 saturated heterocycles. The summed E-state index contributed by atoms with van der Waals surface area (Å²) >= 11 is 6.46. The minimum Gasteiger partial charge on any atom is -0.349 e. The molecule has 3 N–H and O–H groups in total. The van der Waals surface area contributed by atoms with Gasteiger partial charge in [-0.05, 0) is 49.4 Å². The van der Waals surface area contributed by atoms with Gasteiger partial charge in [-0.2, -0.15) is 4.98 Å². The molecule has 0 spiro atoms. The molecule has 0 radical (unpaired) electrons. The molecule has 2 atom stereocenters. The van der Waals surface area contributed by atoms with Gasteiger partial charge in [-0.3, -0.25) is 9.69 Å². The second-order valence-corrected chi connectivity index (χ2v) is 9.57. The minimum absolute atomic E-state index is 0.0411. The molecule has 2 unspecified atom stereocenters. The van der Waals surface area contributed by atoms with E-state index in [9.17, 15) is 9.59 Å². The van der Waals surface area contributed by atoms with Gasteiger partial charge >= 0.3 is 6.03 Å². The lowest BCUT2D eigenvalue weighted by Crippen LogP contribution is -2.38. The van der Waals surface area contributed by atoms with E-state index in [1.165, 1.54) is 0 Å². The van der Waals surface area contributed by atoms with Crippen LogP contribution < -0.4 is 20.9 Å². The molecule has 0 bridgehead atoms. The van der Waals surface area contributed by atoms with Gasteiger partial charge in [-0.25, -0.2) is 9.78 Å². The van der Waals surface area contributed by atoms with Crippen LogP contribution in [0.4, 0.5) is 16.6 Å². The fraction of sp³-hybridized carbons (Fsp3) is 0.500. The van der Waals surface area contributed by atoms with Crippen LogP contribution in [0, 0.1) is 5.92 Å². The first-order valence-electron chi connectivity index (χ1n) is 11.6. The number of anilines is 2. The summed E-state index contributed by atoms with van der Waals surface area (Å²) in [6.07, 6.45) is 6.01. The number of carbonyl (C=O) groups is 2. The predicted octanol–water partition coefficient (Wildman–Crippen LogP) is 4.53. The molecule has 2 aliphatic rings. The Morgan fingerprint density at radius 1 is 1.21 bits per heavy atom. The Labute approximate surface area is 199 Å². The summed E-state index contributed by atoms with van der Waals surface area (Å²) in [7, 11) is 0. The zero-order valence-electron chi connectivity index (χ0n) is 19.3. The molecule has 4 rings (SSSR count). The summed E-state index contributed by atoms with van der Waals surface area (Å²) in [5, 5.41) is 9.66. The maximum Gasteiger partial charge on any atom is 0.323 e. The van der Waals surface area contributed by atoms with Gasteiger partial charge in [0.1, 0.15) is 5.82 Å². The van der Waals surface area contributed by atoms with Crippen molar-refractivity contribution in [3.63, 3.8) is 0 Å². The third kappa shape index (κ3) is 5.21. The van der Waals surface area contributed by atoms with E-state index >= 15 is 0 Å². The second-order valence-electron chi connectivity index (χ2n) is 9.17. The molecule has 2 aromatic rings. The monoisotopic (exact) mass is 470 g/mol. The van der Waals surface area contributed by atoms with Gasteiger partial charge in [0.05, 0.1) is 22.7 Å². The van der Waals surface area contributed by atoms with E-state index in [1.807, 2.05) is 13.0 Å². The summed E-state index contributed by atoms with van der Waals surface area (Å²) in [5.74, 6) is 1.14. The highest BCUT2D eigenvalue weighted by Crippen LogP contribution is 2.27. The average Bonchev–Trinajstić information content (AvgIpc) is 3.43. The van der Waals surface area contributed by atoms with Crippen LogP contribution >= 0.6 is 11.6 Å². The standard InChI is InChI=1S/C24H31ClN6O2/c1-14(2)20-13-27-24(33)31(20)21-10-11-26-23(30-21)28-15(3)16-8-9-18(19(25)12-16)22(32)29-17-6-4-5-7-17/h8-12,14-15,17,20H,4-7,13H2,1-3H3,(H,27,33)(H,29,32)(H,26,28,30). The SMILES string of the molecule is CC(Nc1nccc(N2C(=O)NCC2C(C)C)n1)c1ccc(C(=O)NC2CCCC2)c(Cl)c1. The van der Waals surface area contributed by atoms with Crippen LogP contribution in [0.15, 0.2) is 30.5 Å². The van der Waals surface area contributed by atoms with Crippen LogP contribution in [0.3, 0.4) is 0 Å². The number of nitrogens with zero attached hydrogens (tertiary/aromatic N) is 3. The fourth-order valence-electron chi connectivity index (χ4n) is 4.47. The summed E-state index contributed by atoms with van der Waals surface area (Å²) in [6.45, 7) is 6.74. The first-order valence-corrected chi connectivity index (χ1v) is 12.0. The van der Waals surface area contributed by atoms with Crippen LogP contribution in [0.2, 0.25) is 5.02 Å². The van der Waals surface area contributed by atoms with Gasteiger partial charge in [0.25, 0.3) is 5.91 Å². The van der Waals surface area contributed by atoms with Crippen LogP contribution in [-0.4, -0.2) is 40.5 Å². The number of halogens is 1. The average molecular weight is 471 g/mol. The molecule has 1 saturated carbocycles. The van der Waals surface area contributed by atoms with Gasteiger partial charge in [-0.15, -0.1) is 0 Å². The fourth-order valence-corrected chi connectivity index (χ4v) is 4.75. The number of urea groups is 1. The number of amides is 3. The molecule has 1 aliphatic carbocycles. The third-order valence-electron chi connectivity index (χ3n) is 6.44. The third-order valence-corrected chi connectivity index (χ3v) is 6.76. The molecular weight excluding hydrogens is 440 g/mol. The van der Waals surface area contributed by atoms with Crippen molar-refractivity contribution in [3.8, 4) is 0 Å². The van der Waals surface area contributed by atoms with E-state index in [-0.39, 0.29) is 30.1 Å². The van der Waals surface area contributed by atoms with E-state index in [1.54, 1.807) is 29.3 Å². The molecule has 3 amide bonds. The van der Waals surface area contributed by atoms with Crippen LogP contribution in [0.1, 0.15) is 68.4 Å². The topological polar surface area (TPSA) is 99.2 Å². The molecule has 33 heavy (non-hydrogen) atoms. The maximum atomic E-state index is 12.6. The lowest BCUT2D eigenvalue weighted by atomic mass is 10.0. The van der Waals surface area contributed by atoms with E-state index in [0.29, 0.717) is 34.8 Å². The van der Waals surface area contributed by atoms with Gasteiger partial charge in [0.15, 0.2) is 0 Å². The van der Waals surface area contributed by atoms with Crippen LogP contribution in [-0.2, 0) is 0 Å². The smallest absolute Gasteiger partial charge is 0.323 e. The minimum atomic E-state index is -0.155. The molecule has 176 valence electrons. The predicted molar refractivity (Wildman–Crippen MR) is 130 cm³/mol. The first-order chi connectivity index (χ1) is 15.8. The Hall–Kier alpha value is -2.87.